The van der Waals surface area contributed by atoms with Crippen LogP contribution in [-0.4, -0.2) is 24.2 Å². The monoisotopic (exact) mass is 791 g/mol. The summed E-state index contributed by atoms with van der Waals surface area (Å²) in [7, 11) is -6.03. The molecule has 4 heteroatoms. The highest BCUT2D eigenvalue weighted by atomic mass is 28.3. The van der Waals surface area contributed by atoms with Crippen LogP contribution in [0.25, 0.3) is 65.7 Å². The van der Waals surface area contributed by atoms with E-state index < -0.39 is 24.2 Å². The van der Waals surface area contributed by atoms with Gasteiger partial charge in [0.2, 0.25) is 0 Å². The van der Waals surface area contributed by atoms with Crippen molar-refractivity contribution in [3.05, 3.63) is 164 Å². The molecule has 0 saturated carbocycles. The number of rotatable bonds is 3. The summed E-state index contributed by atoms with van der Waals surface area (Å²) in [6.07, 6.45) is 0. The summed E-state index contributed by atoms with van der Waals surface area (Å²) in [4.78, 5) is 2.60. The fourth-order valence-electron chi connectivity index (χ4n) is 11.3. The van der Waals surface area contributed by atoms with Gasteiger partial charge in [0.25, 0.3) is 0 Å². The van der Waals surface area contributed by atoms with Gasteiger partial charge in [-0.05, 0) is 133 Å². The van der Waals surface area contributed by atoms with Crippen LogP contribution >= 0.6 is 0 Å². The van der Waals surface area contributed by atoms with Gasteiger partial charge in [-0.2, -0.15) is 0 Å². The molecule has 3 heterocycles. The van der Waals surface area contributed by atoms with E-state index in [1.54, 1.807) is 15.6 Å². The third-order valence-electron chi connectivity index (χ3n) is 14.4. The molecule has 0 saturated heterocycles. The van der Waals surface area contributed by atoms with Crippen molar-refractivity contribution in [2.75, 3.05) is 4.90 Å². The van der Waals surface area contributed by atoms with Gasteiger partial charge in [0, 0.05) is 17.1 Å². The zero-order valence-electron chi connectivity index (χ0n) is 34.0. The second kappa shape index (κ2) is 11.7. The molecule has 278 valence electrons. The molecule has 1 nitrogen and oxygen atoms in total. The van der Waals surface area contributed by atoms with Crippen LogP contribution in [0.4, 0.5) is 17.1 Å². The van der Waals surface area contributed by atoms with E-state index >= 15 is 0 Å². The smallest absolute Gasteiger partial charge is 0.113 e. The third-order valence-corrected chi connectivity index (χ3v) is 25.0. The summed E-state index contributed by atoms with van der Waals surface area (Å²) in [6.45, 7) is 15.3. The topological polar surface area (TPSA) is 3.24 Å². The summed E-state index contributed by atoms with van der Waals surface area (Å²) in [5.41, 5.74) is 12.4. The van der Waals surface area contributed by atoms with Crippen LogP contribution < -0.4 is 36.0 Å². The van der Waals surface area contributed by atoms with Gasteiger partial charge in [-0.15, -0.1) is 0 Å². The molecule has 0 N–H and O–H groups in total. The molecule has 0 aromatic heterocycles. The molecular formula is C54H45NSi3. The van der Waals surface area contributed by atoms with Crippen LogP contribution in [-0.2, 0) is 0 Å². The molecule has 0 spiro atoms. The molecule has 3 aliphatic rings. The Morgan fingerprint density at radius 3 is 0.897 bits per heavy atom. The lowest BCUT2D eigenvalue weighted by Gasteiger charge is -2.30. The zero-order chi connectivity index (χ0) is 39.3. The van der Waals surface area contributed by atoms with Crippen LogP contribution in [0.2, 0.25) is 39.3 Å². The highest BCUT2D eigenvalue weighted by molar-refractivity contribution is 7.05. The predicted octanol–water partition coefficient (Wildman–Crippen LogP) is 11.0. The van der Waals surface area contributed by atoms with E-state index in [0.717, 1.165) is 0 Å². The van der Waals surface area contributed by atoms with Crippen molar-refractivity contribution in [2.24, 2.45) is 0 Å². The Morgan fingerprint density at radius 1 is 0.293 bits per heavy atom. The molecule has 0 atom stereocenters. The lowest BCUT2D eigenvalue weighted by atomic mass is 9.97. The van der Waals surface area contributed by atoms with Gasteiger partial charge >= 0.3 is 0 Å². The quantitative estimate of drug-likeness (QED) is 0.161. The number of fused-ring (bicyclic) bond motifs is 15. The summed E-state index contributed by atoms with van der Waals surface area (Å²) >= 11 is 0. The first-order valence-electron chi connectivity index (χ1n) is 20.8. The first kappa shape index (κ1) is 34.3. The van der Waals surface area contributed by atoms with E-state index in [4.69, 9.17) is 0 Å². The summed E-state index contributed by atoms with van der Waals surface area (Å²) in [6, 6.07) is 63.5. The standard InChI is InChI=1S/C54H45NSi3/c1-56(2)46-28-19-34-13-7-10-16-40(34)52(46)43-25-22-37(31-49(43)56)55(38-23-26-44-50(32-38)57(3,4)47-29-20-35-14-8-11-17-41(35)53(44)47)39-24-27-45-51(33-39)58(5,6)48-30-21-36-15-9-12-18-42(36)54(45)48/h7-33H,1-6H3. The van der Waals surface area contributed by atoms with Gasteiger partial charge < -0.3 is 4.90 Å². The molecule has 0 unspecified atom stereocenters. The Kier molecular flexibility index (Phi) is 6.89. The van der Waals surface area contributed by atoms with Crippen LogP contribution in [0.3, 0.4) is 0 Å². The van der Waals surface area contributed by atoms with E-state index in [2.05, 4.69) is 208 Å². The van der Waals surface area contributed by atoms with Gasteiger partial charge in [0.1, 0.15) is 24.2 Å². The maximum atomic E-state index is 2.60. The van der Waals surface area contributed by atoms with Gasteiger partial charge in [-0.1, -0.05) is 167 Å². The Labute approximate surface area is 344 Å². The normalized spacial score (nSPS) is 15.8. The van der Waals surface area contributed by atoms with Crippen molar-refractivity contribution in [2.45, 2.75) is 39.3 Å². The minimum absolute atomic E-state index is 1.25. The molecule has 0 radical (unpaired) electrons. The Hall–Kier alpha value is -5.79. The molecule has 0 amide bonds. The SMILES string of the molecule is C[Si]1(C)c2cc(N(c3ccc4c(c3)[Si](C)(C)c3ccc5ccccc5c3-4)c3ccc4c(c3)[Si](C)(C)c3ccc5ccccc5c3-4)ccc2-c2c1ccc1ccccc21. The molecule has 9 aromatic carbocycles. The Morgan fingerprint density at radius 2 is 0.586 bits per heavy atom. The number of benzene rings is 9. The van der Waals surface area contributed by atoms with E-state index in [-0.39, 0.29) is 0 Å². The van der Waals surface area contributed by atoms with Gasteiger partial charge in [0.05, 0.1) is 0 Å². The average molecular weight is 792 g/mol. The van der Waals surface area contributed by atoms with E-state index in [0.29, 0.717) is 0 Å². The Bertz CT molecular complexity index is 2930. The molecule has 0 aliphatic carbocycles. The van der Waals surface area contributed by atoms with Crippen molar-refractivity contribution < 1.29 is 0 Å². The van der Waals surface area contributed by atoms with Gasteiger partial charge in [-0.25, -0.2) is 0 Å². The summed E-state index contributed by atoms with van der Waals surface area (Å²) < 4.78 is 0. The fraction of sp³-hybridized carbons (Fsp3) is 0.111. The summed E-state index contributed by atoms with van der Waals surface area (Å²) in [5.74, 6) is 0. The van der Waals surface area contributed by atoms with Crippen molar-refractivity contribution >= 4 is 105 Å². The van der Waals surface area contributed by atoms with Gasteiger partial charge in [0.15, 0.2) is 0 Å². The highest BCUT2D eigenvalue weighted by Crippen LogP contribution is 2.43. The molecule has 3 aliphatic heterocycles. The number of nitrogens with zero attached hydrogens (tertiary/aromatic N) is 1. The summed E-state index contributed by atoms with van der Waals surface area (Å²) in [5, 5.41) is 17.3. The molecule has 0 bridgehead atoms. The average Bonchev–Trinajstić information content (AvgIpc) is 3.73. The van der Waals surface area contributed by atoms with E-state index in [9.17, 15) is 0 Å². The van der Waals surface area contributed by atoms with Crippen molar-refractivity contribution in [3.63, 3.8) is 0 Å². The number of hydrogen-bond donors (Lipinski definition) is 0. The van der Waals surface area contributed by atoms with Crippen molar-refractivity contribution in [1.29, 1.82) is 0 Å². The predicted molar refractivity (Wildman–Crippen MR) is 260 cm³/mol. The maximum Gasteiger partial charge on any atom is 0.113 e. The molecule has 0 fully saturated rings. The third kappa shape index (κ3) is 4.45. The molecular weight excluding hydrogens is 747 g/mol. The lowest BCUT2D eigenvalue weighted by Crippen LogP contribution is -2.49. The van der Waals surface area contributed by atoms with Crippen LogP contribution in [0.1, 0.15) is 0 Å². The molecule has 12 rings (SSSR count). The van der Waals surface area contributed by atoms with Crippen molar-refractivity contribution in [3.8, 4) is 33.4 Å². The van der Waals surface area contributed by atoms with Gasteiger partial charge in [-0.3, -0.25) is 0 Å². The second-order valence-electron chi connectivity index (χ2n) is 18.5. The van der Waals surface area contributed by atoms with E-state index in [1.165, 1.54) is 98.3 Å². The van der Waals surface area contributed by atoms with Crippen LogP contribution in [0, 0.1) is 0 Å². The van der Waals surface area contributed by atoms with Crippen LogP contribution in [0.15, 0.2) is 164 Å². The van der Waals surface area contributed by atoms with Crippen LogP contribution in [0.5, 0.6) is 0 Å². The first-order valence-corrected chi connectivity index (χ1v) is 29.8. The minimum Gasteiger partial charge on any atom is -0.311 e. The highest BCUT2D eigenvalue weighted by Gasteiger charge is 2.42. The lowest BCUT2D eigenvalue weighted by molar-refractivity contribution is 1.29. The van der Waals surface area contributed by atoms with Crippen molar-refractivity contribution in [1.82, 2.24) is 0 Å². The maximum absolute atomic E-state index is 2.60. The fourth-order valence-corrected chi connectivity index (χ4v) is 20.6. The largest absolute Gasteiger partial charge is 0.311 e. The first-order chi connectivity index (χ1) is 28.0. The number of anilines is 3. The number of hydrogen-bond acceptors (Lipinski definition) is 1. The Balaban J connectivity index is 1.08. The molecule has 9 aromatic rings. The minimum atomic E-state index is -2.01. The van der Waals surface area contributed by atoms with E-state index in [1.807, 2.05) is 0 Å². The second-order valence-corrected chi connectivity index (χ2v) is 31.5. The molecule has 58 heavy (non-hydrogen) atoms. The zero-order valence-corrected chi connectivity index (χ0v) is 37.0.